The Labute approximate surface area is 161 Å². The average Bonchev–Trinajstić information content (AvgIpc) is 2.67. The second-order valence-corrected chi connectivity index (χ2v) is 6.43. The highest BCUT2D eigenvalue weighted by Crippen LogP contribution is 2.18. The van der Waals surface area contributed by atoms with Gasteiger partial charge in [-0.15, -0.1) is 0 Å². The molecule has 2 rings (SSSR count). The van der Waals surface area contributed by atoms with Crippen LogP contribution in [0.25, 0.3) is 0 Å². The van der Waals surface area contributed by atoms with Crippen molar-refractivity contribution in [3.05, 3.63) is 24.3 Å². The SMILES string of the molecule is CCOC(=O)[C@H]1CCCN(CC(=O)NCCOc2ccc(OCC)cc2)C1. The fourth-order valence-corrected chi connectivity index (χ4v) is 3.07. The first kappa shape index (κ1) is 21.0. The van der Waals surface area contributed by atoms with Gasteiger partial charge in [0.05, 0.1) is 32.2 Å². The number of benzene rings is 1. The van der Waals surface area contributed by atoms with Crippen molar-refractivity contribution in [1.82, 2.24) is 10.2 Å². The number of nitrogens with one attached hydrogen (secondary N) is 1. The van der Waals surface area contributed by atoms with Crippen LogP contribution in [0, 0.1) is 5.92 Å². The van der Waals surface area contributed by atoms with E-state index in [1.807, 2.05) is 36.1 Å². The Kier molecular flexibility index (Phi) is 8.91. The molecule has 1 heterocycles. The summed E-state index contributed by atoms with van der Waals surface area (Å²) in [5, 5.41) is 2.85. The molecule has 0 saturated carbocycles. The van der Waals surface area contributed by atoms with Crippen LogP contribution >= 0.6 is 0 Å². The van der Waals surface area contributed by atoms with Gasteiger partial charge in [0.25, 0.3) is 0 Å². The van der Waals surface area contributed by atoms with E-state index in [2.05, 4.69) is 5.32 Å². The van der Waals surface area contributed by atoms with Crippen molar-refractivity contribution < 1.29 is 23.8 Å². The van der Waals surface area contributed by atoms with E-state index in [0.29, 0.717) is 39.5 Å². The number of ether oxygens (including phenoxy) is 3. The summed E-state index contributed by atoms with van der Waals surface area (Å²) in [6.45, 7) is 7.29. The topological polar surface area (TPSA) is 77.1 Å². The molecule has 0 spiro atoms. The lowest BCUT2D eigenvalue weighted by atomic mass is 9.98. The van der Waals surface area contributed by atoms with E-state index < -0.39 is 0 Å². The molecule has 1 amide bonds. The fraction of sp³-hybridized carbons (Fsp3) is 0.600. The first-order chi connectivity index (χ1) is 13.1. The Bertz CT molecular complexity index is 591. The molecular formula is C20H30N2O5. The second kappa shape index (κ2) is 11.4. The number of piperidine rings is 1. The Hall–Kier alpha value is -2.28. The number of hydrogen-bond donors (Lipinski definition) is 1. The molecular weight excluding hydrogens is 348 g/mol. The lowest BCUT2D eigenvalue weighted by Gasteiger charge is -2.30. The standard InChI is InChI=1S/C20H30N2O5/c1-3-25-17-7-9-18(10-8-17)27-13-11-21-19(23)15-22-12-5-6-16(14-22)20(24)26-4-2/h7-10,16H,3-6,11-15H2,1-2H3,(H,21,23)/t16-/m0/s1. The number of amides is 1. The first-order valence-corrected chi connectivity index (χ1v) is 9.63. The highest BCUT2D eigenvalue weighted by molar-refractivity contribution is 5.78. The van der Waals surface area contributed by atoms with Crippen molar-refractivity contribution in [2.75, 3.05) is 46.0 Å². The summed E-state index contributed by atoms with van der Waals surface area (Å²) in [6.07, 6.45) is 1.73. The van der Waals surface area contributed by atoms with Crippen molar-refractivity contribution in [3.8, 4) is 11.5 Å². The molecule has 1 atom stereocenters. The number of carbonyl (C=O) groups is 2. The molecule has 150 valence electrons. The molecule has 1 aliphatic heterocycles. The monoisotopic (exact) mass is 378 g/mol. The van der Waals surface area contributed by atoms with E-state index in [1.54, 1.807) is 6.92 Å². The molecule has 1 aliphatic rings. The Morgan fingerprint density at radius 2 is 1.81 bits per heavy atom. The number of esters is 1. The molecule has 7 nitrogen and oxygen atoms in total. The van der Waals surface area contributed by atoms with Crippen LogP contribution < -0.4 is 14.8 Å². The van der Waals surface area contributed by atoms with E-state index in [4.69, 9.17) is 14.2 Å². The van der Waals surface area contributed by atoms with Crippen molar-refractivity contribution in [1.29, 1.82) is 0 Å². The van der Waals surface area contributed by atoms with Gasteiger partial charge in [-0.05, 0) is 57.5 Å². The molecule has 1 aromatic carbocycles. The molecule has 0 aromatic heterocycles. The predicted octanol–water partition coefficient (Wildman–Crippen LogP) is 1.86. The van der Waals surface area contributed by atoms with Gasteiger partial charge in [0.1, 0.15) is 18.1 Å². The smallest absolute Gasteiger partial charge is 0.310 e. The largest absolute Gasteiger partial charge is 0.494 e. The van der Waals surface area contributed by atoms with Crippen LogP contribution in [-0.2, 0) is 14.3 Å². The molecule has 0 radical (unpaired) electrons. The molecule has 1 fully saturated rings. The maximum absolute atomic E-state index is 12.1. The summed E-state index contributed by atoms with van der Waals surface area (Å²) >= 11 is 0. The second-order valence-electron chi connectivity index (χ2n) is 6.43. The third-order valence-electron chi connectivity index (χ3n) is 4.32. The number of hydrogen-bond acceptors (Lipinski definition) is 6. The average molecular weight is 378 g/mol. The van der Waals surface area contributed by atoms with E-state index in [-0.39, 0.29) is 17.8 Å². The van der Waals surface area contributed by atoms with Crippen LogP contribution in [0.3, 0.4) is 0 Å². The minimum absolute atomic E-state index is 0.0604. The minimum atomic E-state index is -0.161. The quantitative estimate of drug-likeness (QED) is 0.495. The van der Waals surface area contributed by atoms with E-state index in [0.717, 1.165) is 30.9 Å². The molecule has 1 aromatic rings. The number of carbonyl (C=O) groups excluding carboxylic acids is 2. The van der Waals surface area contributed by atoms with Crippen molar-refractivity contribution in [3.63, 3.8) is 0 Å². The molecule has 1 saturated heterocycles. The molecule has 1 N–H and O–H groups in total. The van der Waals surface area contributed by atoms with Crippen LogP contribution in [-0.4, -0.2) is 62.8 Å². The zero-order chi connectivity index (χ0) is 19.5. The van der Waals surface area contributed by atoms with Crippen LogP contribution in [0.5, 0.6) is 11.5 Å². The summed E-state index contributed by atoms with van der Waals surface area (Å²) in [5.74, 6) is 1.19. The first-order valence-electron chi connectivity index (χ1n) is 9.63. The maximum Gasteiger partial charge on any atom is 0.310 e. The summed E-state index contributed by atoms with van der Waals surface area (Å²) in [7, 11) is 0. The number of rotatable bonds is 10. The lowest BCUT2D eigenvalue weighted by Crippen LogP contribution is -2.45. The third kappa shape index (κ3) is 7.46. The van der Waals surface area contributed by atoms with Crippen molar-refractivity contribution >= 4 is 11.9 Å². The third-order valence-corrected chi connectivity index (χ3v) is 4.32. The molecule has 27 heavy (non-hydrogen) atoms. The van der Waals surface area contributed by atoms with Gasteiger partial charge in [-0.25, -0.2) is 0 Å². The maximum atomic E-state index is 12.1. The molecule has 0 unspecified atom stereocenters. The summed E-state index contributed by atoms with van der Waals surface area (Å²) in [6, 6.07) is 7.40. The van der Waals surface area contributed by atoms with Crippen molar-refractivity contribution in [2.24, 2.45) is 5.92 Å². The van der Waals surface area contributed by atoms with Gasteiger partial charge >= 0.3 is 5.97 Å². The van der Waals surface area contributed by atoms with Gasteiger partial charge < -0.3 is 19.5 Å². The van der Waals surface area contributed by atoms with Crippen LogP contribution in [0.1, 0.15) is 26.7 Å². The van der Waals surface area contributed by atoms with Gasteiger partial charge in [0.15, 0.2) is 0 Å². The van der Waals surface area contributed by atoms with Crippen LogP contribution in [0.15, 0.2) is 24.3 Å². The van der Waals surface area contributed by atoms with Crippen molar-refractivity contribution in [2.45, 2.75) is 26.7 Å². The van der Waals surface area contributed by atoms with Crippen LogP contribution in [0.2, 0.25) is 0 Å². The molecule has 0 aliphatic carbocycles. The summed E-state index contributed by atoms with van der Waals surface area (Å²) in [4.78, 5) is 26.0. The highest BCUT2D eigenvalue weighted by atomic mass is 16.5. The molecule has 7 heteroatoms. The number of nitrogens with zero attached hydrogens (tertiary/aromatic N) is 1. The Balaban J connectivity index is 1.63. The zero-order valence-corrected chi connectivity index (χ0v) is 16.2. The van der Waals surface area contributed by atoms with E-state index >= 15 is 0 Å². The van der Waals surface area contributed by atoms with Crippen LogP contribution in [0.4, 0.5) is 0 Å². The van der Waals surface area contributed by atoms with Gasteiger partial charge in [0.2, 0.25) is 5.91 Å². The highest BCUT2D eigenvalue weighted by Gasteiger charge is 2.27. The fourth-order valence-electron chi connectivity index (χ4n) is 3.07. The summed E-state index contributed by atoms with van der Waals surface area (Å²) in [5.41, 5.74) is 0. The zero-order valence-electron chi connectivity index (χ0n) is 16.2. The minimum Gasteiger partial charge on any atom is -0.494 e. The molecule has 0 bridgehead atoms. The van der Waals surface area contributed by atoms with E-state index in [1.165, 1.54) is 0 Å². The van der Waals surface area contributed by atoms with Gasteiger partial charge in [0, 0.05) is 6.54 Å². The van der Waals surface area contributed by atoms with Gasteiger partial charge in [-0.3, -0.25) is 14.5 Å². The van der Waals surface area contributed by atoms with E-state index in [9.17, 15) is 9.59 Å². The predicted molar refractivity (Wildman–Crippen MR) is 102 cm³/mol. The Morgan fingerprint density at radius 3 is 2.48 bits per heavy atom. The normalized spacial score (nSPS) is 17.2. The lowest BCUT2D eigenvalue weighted by molar-refractivity contribution is -0.150. The number of likely N-dealkylation sites (tertiary alicyclic amines) is 1. The van der Waals surface area contributed by atoms with Gasteiger partial charge in [-0.1, -0.05) is 0 Å². The van der Waals surface area contributed by atoms with Gasteiger partial charge in [-0.2, -0.15) is 0 Å². The summed E-state index contributed by atoms with van der Waals surface area (Å²) < 4.78 is 16.1. The Morgan fingerprint density at radius 1 is 1.11 bits per heavy atom.